The molecule has 0 aliphatic carbocycles. The number of phenols is 1. The summed E-state index contributed by atoms with van der Waals surface area (Å²) in [6.45, 7) is 3.84. The number of phenolic OH excluding ortho intramolecular Hbond substituents is 1. The Bertz CT molecular complexity index is 1060. The van der Waals surface area contributed by atoms with Crippen LogP contribution in [0.5, 0.6) is 5.75 Å². The Kier molecular flexibility index (Phi) is 5.49. The molecule has 1 amide bonds. The fraction of sp³-hybridized carbons (Fsp3) is 0.273. The van der Waals surface area contributed by atoms with Gasteiger partial charge in [-0.25, -0.2) is 4.39 Å². The second kappa shape index (κ2) is 7.84. The first-order chi connectivity index (χ1) is 13.3. The third-order valence-electron chi connectivity index (χ3n) is 5.15. The normalized spacial score (nSPS) is 12.2. The summed E-state index contributed by atoms with van der Waals surface area (Å²) in [4.78, 5) is 24.4. The van der Waals surface area contributed by atoms with Crippen molar-refractivity contribution < 1.29 is 19.1 Å². The highest BCUT2D eigenvalue weighted by Crippen LogP contribution is 2.37. The minimum Gasteiger partial charge on any atom is -0.508 e. The third-order valence-corrected chi connectivity index (χ3v) is 5.15. The predicted octanol–water partition coefficient (Wildman–Crippen LogP) is 4.24. The van der Waals surface area contributed by atoms with Crippen molar-refractivity contribution in [2.75, 3.05) is 0 Å². The molecule has 1 aromatic heterocycles. The molecule has 2 aromatic carbocycles. The zero-order chi connectivity index (χ0) is 20.4. The Morgan fingerprint density at radius 3 is 2.61 bits per heavy atom. The highest BCUT2D eigenvalue weighted by atomic mass is 19.1. The first kappa shape index (κ1) is 19.6. The van der Waals surface area contributed by atoms with E-state index in [0.717, 1.165) is 17.4 Å². The van der Waals surface area contributed by atoms with Crippen LogP contribution in [-0.4, -0.2) is 21.5 Å². The van der Waals surface area contributed by atoms with Gasteiger partial charge < -0.3 is 10.8 Å². The maximum Gasteiger partial charge on any atom is 0.262 e. The molecule has 0 bridgehead atoms. The fourth-order valence-corrected chi connectivity index (χ4v) is 3.83. The number of hydrogen-bond donors (Lipinski definition) is 2. The third kappa shape index (κ3) is 3.63. The van der Waals surface area contributed by atoms with Crippen LogP contribution in [0.2, 0.25) is 0 Å². The number of amides is 1. The second-order valence-electron chi connectivity index (χ2n) is 6.96. The largest absolute Gasteiger partial charge is 0.508 e. The number of halogens is 1. The van der Waals surface area contributed by atoms with Gasteiger partial charge in [0.25, 0.3) is 5.91 Å². The summed E-state index contributed by atoms with van der Waals surface area (Å²) in [5, 5.41) is 10.8. The van der Waals surface area contributed by atoms with Crippen molar-refractivity contribution in [1.82, 2.24) is 4.57 Å². The summed E-state index contributed by atoms with van der Waals surface area (Å²) in [7, 11) is 0. The molecule has 3 N–H and O–H groups in total. The molecular weight excluding hydrogens is 359 g/mol. The van der Waals surface area contributed by atoms with Crippen LogP contribution in [0.4, 0.5) is 4.39 Å². The highest BCUT2D eigenvalue weighted by Gasteiger charge is 2.25. The highest BCUT2D eigenvalue weighted by molar-refractivity contribution is 6.04. The van der Waals surface area contributed by atoms with Crippen LogP contribution >= 0.6 is 0 Å². The molecule has 3 aromatic rings. The first-order valence-corrected chi connectivity index (χ1v) is 9.26. The monoisotopic (exact) mass is 382 g/mol. The van der Waals surface area contributed by atoms with Crippen molar-refractivity contribution in [1.29, 1.82) is 0 Å². The van der Waals surface area contributed by atoms with E-state index in [1.165, 1.54) is 24.3 Å². The molecule has 6 heteroatoms. The number of nitrogens with two attached hydrogens (primary N) is 1. The van der Waals surface area contributed by atoms with Gasteiger partial charge in [0.15, 0.2) is 0 Å². The minimum absolute atomic E-state index is 0.00152. The first-order valence-electron chi connectivity index (χ1n) is 9.26. The zero-order valence-corrected chi connectivity index (χ0v) is 15.9. The molecule has 0 fully saturated rings. The van der Waals surface area contributed by atoms with E-state index in [4.69, 9.17) is 5.73 Å². The Morgan fingerprint density at radius 1 is 1.21 bits per heavy atom. The van der Waals surface area contributed by atoms with Crippen LogP contribution in [0.25, 0.3) is 10.9 Å². The molecule has 0 radical (unpaired) electrons. The molecule has 28 heavy (non-hydrogen) atoms. The quantitative estimate of drug-likeness (QED) is 0.669. The van der Waals surface area contributed by atoms with Gasteiger partial charge in [-0.3, -0.25) is 14.2 Å². The maximum atomic E-state index is 13.6. The minimum atomic E-state index is -0.481. The summed E-state index contributed by atoms with van der Waals surface area (Å²) < 4.78 is 15.2. The van der Waals surface area contributed by atoms with E-state index in [1.54, 1.807) is 22.8 Å². The lowest BCUT2D eigenvalue weighted by atomic mass is 9.89. The number of carbonyl (C=O) groups excluding carboxylic acids is 2. The molecule has 0 aliphatic heterocycles. The Hall–Kier alpha value is -3.15. The van der Waals surface area contributed by atoms with Crippen molar-refractivity contribution >= 4 is 22.7 Å². The number of primary amides is 1. The van der Waals surface area contributed by atoms with E-state index < -0.39 is 5.82 Å². The summed E-state index contributed by atoms with van der Waals surface area (Å²) >= 11 is 0. The lowest BCUT2D eigenvalue weighted by molar-refractivity contribution is -0.118. The Balaban J connectivity index is 2.20. The van der Waals surface area contributed by atoms with Crippen LogP contribution in [0, 0.1) is 12.7 Å². The topological polar surface area (TPSA) is 85.3 Å². The number of aromatic hydroxyl groups is 1. The van der Waals surface area contributed by atoms with Gasteiger partial charge in [-0.2, -0.15) is 0 Å². The van der Waals surface area contributed by atoms with Crippen molar-refractivity contribution in [2.45, 2.75) is 39.0 Å². The number of benzene rings is 2. The van der Waals surface area contributed by atoms with E-state index in [-0.39, 0.29) is 35.5 Å². The van der Waals surface area contributed by atoms with Gasteiger partial charge in [0.2, 0.25) is 5.91 Å². The predicted molar refractivity (Wildman–Crippen MR) is 106 cm³/mol. The van der Waals surface area contributed by atoms with Crippen molar-refractivity contribution in [3.05, 3.63) is 65.1 Å². The number of carbonyl (C=O) groups is 2. The smallest absolute Gasteiger partial charge is 0.262 e. The fourth-order valence-electron chi connectivity index (χ4n) is 3.83. The molecule has 0 saturated heterocycles. The number of nitrogens with zero attached hydrogens (tertiary/aromatic N) is 1. The lowest BCUT2D eigenvalue weighted by Gasteiger charge is -2.16. The van der Waals surface area contributed by atoms with E-state index in [1.807, 2.05) is 13.8 Å². The Morgan fingerprint density at radius 2 is 1.96 bits per heavy atom. The van der Waals surface area contributed by atoms with Gasteiger partial charge in [-0.15, -0.1) is 0 Å². The summed E-state index contributed by atoms with van der Waals surface area (Å²) in [5.41, 5.74) is 7.81. The molecule has 5 nitrogen and oxygen atoms in total. The van der Waals surface area contributed by atoms with Crippen LogP contribution in [0.3, 0.4) is 0 Å². The standard InChI is InChI=1S/C22H23FN2O3/c1-3-14(7-10-20(24)27)21-13(2)25(19-9-8-17(26)12-18(19)21)22(28)15-5-4-6-16(23)11-15/h4-6,8-9,11-12,14,26H,3,7,10H2,1-2H3,(H2,24,27)/t14-/m0/s1. The second-order valence-corrected chi connectivity index (χ2v) is 6.96. The lowest BCUT2D eigenvalue weighted by Crippen LogP contribution is -2.15. The molecule has 0 spiro atoms. The number of hydrogen-bond acceptors (Lipinski definition) is 3. The van der Waals surface area contributed by atoms with Gasteiger partial charge >= 0.3 is 0 Å². The summed E-state index contributed by atoms with van der Waals surface area (Å²) in [6, 6.07) is 10.4. The molecular formula is C22H23FN2O3. The van der Waals surface area contributed by atoms with Crippen LogP contribution in [0.1, 0.15) is 53.7 Å². The van der Waals surface area contributed by atoms with Gasteiger partial charge in [-0.1, -0.05) is 13.0 Å². The van der Waals surface area contributed by atoms with E-state index in [0.29, 0.717) is 17.6 Å². The van der Waals surface area contributed by atoms with Crippen LogP contribution < -0.4 is 5.73 Å². The van der Waals surface area contributed by atoms with Crippen molar-refractivity contribution in [3.63, 3.8) is 0 Å². The van der Waals surface area contributed by atoms with Crippen molar-refractivity contribution in [2.24, 2.45) is 5.73 Å². The number of rotatable bonds is 6. The molecule has 3 rings (SSSR count). The molecule has 0 unspecified atom stereocenters. The van der Waals surface area contributed by atoms with E-state index >= 15 is 0 Å². The average molecular weight is 382 g/mol. The van der Waals surface area contributed by atoms with E-state index in [9.17, 15) is 19.1 Å². The summed E-state index contributed by atoms with van der Waals surface area (Å²) in [5.74, 6) is -1.11. The van der Waals surface area contributed by atoms with Gasteiger partial charge in [0.05, 0.1) is 5.52 Å². The molecule has 146 valence electrons. The van der Waals surface area contributed by atoms with Gasteiger partial charge in [0, 0.05) is 23.1 Å². The number of aromatic nitrogens is 1. The maximum absolute atomic E-state index is 13.6. The molecule has 0 aliphatic rings. The van der Waals surface area contributed by atoms with Gasteiger partial charge in [0.1, 0.15) is 11.6 Å². The van der Waals surface area contributed by atoms with Gasteiger partial charge in [-0.05, 0) is 67.6 Å². The molecule has 0 saturated carbocycles. The average Bonchev–Trinajstić information content (AvgIpc) is 2.93. The van der Waals surface area contributed by atoms with Crippen LogP contribution in [0.15, 0.2) is 42.5 Å². The zero-order valence-electron chi connectivity index (χ0n) is 15.9. The summed E-state index contributed by atoms with van der Waals surface area (Å²) in [6.07, 6.45) is 1.54. The molecule has 1 heterocycles. The van der Waals surface area contributed by atoms with E-state index in [2.05, 4.69) is 0 Å². The molecule has 1 atom stereocenters. The Labute approximate surface area is 162 Å². The SMILES string of the molecule is CC[C@@H](CCC(N)=O)c1c(C)n(C(=O)c2cccc(F)c2)c2ccc(O)cc12. The number of fused-ring (bicyclic) bond motifs is 1. The van der Waals surface area contributed by atoms with Crippen molar-refractivity contribution in [3.8, 4) is 5.75 Å². The van der Waals surface area contributed by atoms with Crippen LogP contribution in [-0.2, 0) is 4.79 Å².